The second kappa shape index (κ2) is 8.91. The lowest BCUT2D eigenvalue weighted by atomic mass is 9.99. The minimum Gasteiger partial charge on any atom is -0.468 e. The van der Waals surface area contributed by atoms with E-state index in [0.29, 0.717) is 38.0 Å². The lowest BCUT2D eigenvalue weighted by molar-refractivity contribution is -0.141. The molecule has 1 aromatic carbocycles. The van der Waals surface area contributed by atoms with Gasteiger partial charge in [0.25, 0.3) is 0 Å². The van der Waals surface area contributed by atoms with E-state index in [9.17, 15) is 22.8 Å². The molecule has 2 amide bonds. The Hall–Kier alpha value is -2.46. The summed E-state index contributed by atoms with van der Waals surface area (Å²) in [6.45, 7) is 0.784. The highest BCUT2D eigenvalue weighted by Crippen LogP contribution is 2.27. The van der Waals surface area contributed by atoms with E-state index < -0.39 is 21.9 Å². The summed E-state index contributed by atoms with van der Waals surface area (Å²) < 4.78 is 31.8. The second-order valence-corrected chi connectivity index (χ2v) is 9.08. The summed E-state index contributed by atoms with van der Waals surface area (Å²) in [5.74, 6) is -1.41. The molecule has 2 aliphatic rings. The smallest absolute Gasteiger partial charge is 0.325 e. The van der Waals surface area contributed by atoms with Gasteiger partial charge in [0.2, 0.25) is 21.8 Å². The van der Waals surface area contributed by atoms with Crippen molar-refractivity contribution in [2.45, 2.75) is 30.6 Å². The standard InChI is InChI=1S/C19H25N3O6S/c1-28-18(24)12-20-19(25)14-4-2-10-21(13-14)29(26,27)16-8-6-15(7-9-16)22-11-3-5-17(22)23/h6-9,14H,2-5,10-13H2,1H3,(H,20,25)/t14-/m0/s1. The molecular formula is C19H25N3O6S. The number of esters is 1. The lowest BCUT2D eigenvalue weighted by Crippen LogP contribution is -2.46. The molecule has 2 heterocycles. The number of nitrogens with zero attached hydrogens (tertiary/aromatic N) is 2. The van der Waals surface area contributed by atoms with Crippen LogP contribution in [0.1, 0.15) is 25.7 Å². The summed E-state index contributed by atoms with van der Waals surface area (Å²) in [4.78, 5) is 37.1. The molecule has 0 aliphatic carbocycles. The summed E-state index contributed by atoms with van der Waals surface area (Å²) >= 11 is 0. The predicted octanol–water partition coefficient (Wildman–Crippen LogP) is 0.503. The first-order valence-electron chi connectivity index (χ1n) is 9.58. The van der Waals surface area contributed by atoms with Gasteiger partial charge in [-0.1, -0.05) is 0 Å². The first-order valence-corrected chi connectivity index (χ1v) is 11.0. The van der Waals surface area contributed by atoms with Crippen LogP contribution in [0.3, 0.4) is 0 Å². The van der Waals surface area contributed by atoms with Crippen LogP contribution in [0.15, 0.2) is 29.2 Å². The van der Waals surface area contributed by atoms with Crippen molar-refractivity contribution in [3.05, 3.63) is 24.3 Å². The Morgan fingerprint density at radius 1 is 1.17 bits per heavy atom. The van der Waals surface area contributed by atoms with Gasteiger partial charge in [-0.05, 0) is 43.5 Å². The second-order valence-electron chi connectivity index (χ2n) is 7.14. The van der Waals surface area contributed by atoms with Gasteiger partial charge in [-0.15, -0.1) is 0 Å². The molecule has 0 bridgehead atoms. The molecule has 29 heavy (non-hydrogen) atoms. The van der Waals surface area contributed by atoms with Gasteiger partial charge >= 0.3 is 5.97 Å². The predicted molar refractivity (Wildman–Crippen MR) is 105 cm³/mol. The molecule has 0 unspecified atom stereocenters. The molecule has 0 saturated carbocycles. The first kappa shape index (κ1) is 21.3. The van der Waals surface area contributed by atoms with E-state index in [1.54, 1.807) is 17.0 Å². The molecule has 0 aromatic heterocycles. The summed E-state index contributed by atoms with van der Waals surface area (Å²) in [6, 6.07) is 6.27. The van der Waals surface area contributed by atoms with Crippen LogP contribution in [0.5, 0.6) is 0 Å². The van der Waals surface area contributed by atoms with Crippen LogP contribution in [0.2, 0.25) is 0 Å². The Bertz CT molecular complexity index is 884. The number of nitrogens with one attached hydrogen (secondary N) is 1. The Morgan fingerprint density at radius 2 is 1.90 bits per heavy atom. The largest absolute Gasteiger partial charge is 0.468 e. The number of piperidine rings is 1. The Labute approximate surface area is 170 Å². The zero-order valence-corrected chi connectivity index (χ0v) is 17.1. The van der Waals surface area contributed by atoms with Gasteiger partial charge in [-0.25, -0.2) is 8.42 Å². The number of rotatable bonds is 6. The van der Waals surface area contributed by atoms with E-state index in [-0.39, 0.29) is 29.8 Å². The van der Waals surface area contributed by atoms with E-state index in [2.05, 4.69) is 10.1 Å². The van der Waals surface area contributed by atoms with Crippen molar-refractivity contribution in [2.24, 2.45) is 5.92 Å². The highest BCUT2D eigenvalue weighted by atomic mass is 32.2. The van der Waals surface area contributed by atoms with Gasteiger partial charge in [0.15, 0.2) is 0 Å². The van der Waals surface area contributed by atoms with Crippen molar-refractivity contribution in [3.8, 4) is 0 Å². The first-order chi connectivity index (χ1) is 13.8. The SMILES string of the molecule is COC(=O)CNC(=O)[C@H]1CCCN(S(=O)(=O)c2ccc(N3CCCC3=O)cc2)C1. The molecular weight excluding hydrogens is 398 g/mol. The van der Waals surface area contributed by atoms with Gasteiger partial charge in [0, 0.05) is 31.7 Å². The number of carbonyl (C=O) groups excluding carboxylic acids is 3. The summed E-state index contributed by atoms with van der Waals surface area (Å²) in [5, 5.41) is 2.49. The maximum absolute atomic E-state index is 13.0. The molecule has 1 aromatic rings. The van der Waals surface area contributed by atoms with E-state index >= 15 is 0 Å². The number of amides is 2. The molecule has 0 spiro atoms. The van der Waals surface area contributed by atoms with Gasteiger partial charge in [0.1, 0.15) is 6.54 Å². The molecule has 3 rings (SSSR count). The average molecular weight is 423 g/mol. The molecule has 2 aliphatic heterocycles. The normalized spacial score (nSPS) is 20.5. The van der Waals surface area contributed by atoms with Crippen LogP contribution in [-0.2, 0) is 29.1 Å². The molecule has 9 nitrogen and oxygen atoms in total. The van der Waals surface area contributed by atoms with Gasteiger partial charge < -0.3 is 15.0 Å². The third-order valence-corrected chi connectivity index (χ3v) is 7.13. The van der Waals surface area contributed by atoms with Crippen molar-refractivity contribution in [1.29, 1.82) is 0 Å². The van der Waals surface area contributed by atoms with Crippen molar-refractivity contribution < 1.29 is 27.5 Å². The number of hydrogen-bond acceptors (Lipinski definition) is 6. The van der Waals surface area contributed by atoms with E-state index in [1.165, 1.54) is 23.5 Å². The maximum Gasteiger partial charge on any atom is 0.325 e. The topological polar surface area (TPSA) is 113 Å². The molecule has 2 fully saturated rings. The third kappa shape index (κ3) is 4.76. The number of anilines is 1. The fraction of sp³-hybridized carbons (Fsp3) is 0.526. The number of methoxy groups -OCH3 is 1. The molecule has 158 valence electrons. The number of carbonyl (C=O) groups is 3. The van der Waals surface area contributed by atoms with Crippen LogP contribution in [-0.4, -0.2) is 63.8 Å². The number of hydrogen-bond donors (Lipinski definition) is 1. The summed E-state index contributed by atoms with van der Waals surface area (Å²) in [6.07, 6.45) is 2.41. The quantitative estimate of drug-likeness (QED) is 0.667. The monoisotopic (exact) mass is 423 g/mol. The van der Waals surface area contributed by atoms with Crippen LogP contribution in [0.4, 0.5) is 5.69 Å². The van der Waals surface area contributed by atoms with Crippen molar-refractivity contribution >= 4 is 33.5 Å². The molecule has 2 saturated heterocycles. The number of ether oxygens (including phenoxy) is 1. The van der Waals surface area contributed by atoms with E-state index in [1.807, 2.05) is 0 Å². The lowest BCUT2D eigenvalue weighted by Gasteiger charge is -2.31. The Kier molecular flexibility index (Phi) is 6.53. The highest BCUT2D eigenvalue weighted by Gasteiger charge is 2.33. The van der Waals surface area contributed by atoms with E-state index in [0.717, 1.165) is 6.42 Å². The highest BCUT2D eigenvalue weighted by molar-refractivity contribution is 7.89. The zero-order chi connectivity index (χ0) is 21.0. The minimum atomic E-state index is -3.76. The molecule has 10 heteroatoms. The van der Waals surface area contributed by atoms with Crippen LogP contribution >= 0.6 is 0 Å². The number of sulfonamides is 1. The van der Waals surface area contributed by atoms with Crippen molar-refractivity contribution in [2.75, 3.05) is 38.2 Å². The Balaban J connectivity index is 1.67. The van der Waals surface area contributed by atoms with Crippen LogP contribution in [0.25, 0.3) is 0 Å². The summed E-state index contributed by atoms with van der Waals surface area (Å²) in [7, 11) is -2.53. The average Bonchev–Trinajstić information content (AvgIpc) is 3.17. The van der Waals surface area contributed by atoms with Gasteiger partial charge in [-0.3, -0.25) is 14.4 Å². The van der Waals surface area contributed by atoms with E-state index in [4.69, 9.17) is 0 Å². The van der Waals surface area contributed by atoms with Crippen molar-refractivity contribution in [1.82, 2.24) is 9.62 Å². The van der Waals surface area contributed by atoms with Crippen LogP contribution in [0, 0.1) is 5.92 Å². The van der Waals surface area contributed by atoms with Crippen LogP contribution < -0.4 is 10.2 Å². The fourth-order valence-corrected chi connectivity index (χ4v) is 5.14. The maximum atomic E-state index is 13.0. The molecule has 1 atom stereocenters. The summed E-state index contributed by atoms with van der Waals surface area (Å²) in [5.41, 5.74) is 0.685. The number of benzene rings is 1. The zero-order valence-electron chi connectivity index (χ0n) is 16.3. The fourth-order valence-electron chi connectivity index (χ4n) is 3.62. The van der Waals surface area contributed by atoms with Gasteiger partial charge in [-0.2, -0.15) is 4.31 Å². The van der Waals surface area contributed by atoms with Gasteiger partial charge in [0.05, 0.1) is 17.9 Å². The minimum absolute atomic E-state index is 0.0393. The molecule has 0 radical (unpaired) electrons. The molecule has 1 N–H and O–H groups in total. The Morgan fingerprint density at radius 3 is 2.52 bits per heavy atom. The van der Waals surface area contributed by atoms with Crippen molar-refractivity contribution in [3.63, 3.8) is 0 Å². The third-order valence-electron chi connectivity index (χ3n) is 5.25.